The Hall–Kier alpha value is -2.70. The van der Waals surface area contributed by atoms with Crippen molar-refractivity contribution in [3.8, 4) is 0 Å². The highest BCUT2D eigenvalue weighted by Gasteiger charge is 2.18. The molecular weight excluding hydrogens is 272 g/mol. The van der Waals surface area contributed by atoms with Gasteiger partial charge in [-0.05, 0) is 24.6 Å². The van der Waals surface area contributed by atoms with Crippen molar-refractivity contribution < 1.29 is 14.4 Å². The average Bonchev–Trinajstić information content (AvgIpc) is 2.42. The highest BCUT2D eigenvalue weighted by Crippen LogP contribution is 2.20. The van der Waals surface area contributed by atoms with E-state index in [0.29, 0.717) is 17.8 Å². The zero-order valence-electron chi connectivity index (χ0n) is 11.8. The van der Waals surface area contributed by atoms with E-state index in [1.807, 2.05) is 6.92 Å². The van der Waals surface area contributed by atoms with E-state index >= 15 is 0 Å². The molecular formula is C14H16N4O3. The van der Waals surface area contributed by atoms with E-state index in [0.717, 1.165) is 5.56 Å². The van der Waals surface area contributed by atoms with Gasteiger partial charge < -0.3 is 10.6 Å². The topological polar surface area (TPSA) is 99.7 Å². The highest BCUT2D eigenvalue weighted by atomic mass is 16.2. The quantitative estimate of drug-likeness (QED) is 0.778. The number of nitrogens with zero attached hydrogens (tertiary/aromatic N) is 1. The lowest BCUT2D eigenvalue weighted by atomic mass is 10.1. The van der Waals surface area contributed by atoms with Crippen molar-refractivity contribution in [3.63, 3.8) is 0 Å². The van der Waals surface area contributed by atoms with Gasteiger partial charge >= 0.3 is 0 Å². The summed E-state index contributed by atoms with van der Waals surface area (Å²) in [7, 11) is 0. The Balaban J connectivity index is 2.13. The summed E-state index contributed by atoms with van der Waals surface area (Å²) in [6.45, 7) is 3.26. The number of carbonyl (C=O) groups is 3. The molecule has 3 amide bonds. The fourth-order valence-corrected chi connectivity index (χ4v) is 1.87. The maximum Gasteiger partial charge on any atom is 0.271 e. The standard InChI is InChI=1S/C14H16N4O3/c1-8-3-4-10(15-9(2)19)7-12(8)16-14(21)11-5-6-13(20)18-17-11/h3-4,7H,5-6H2,1-2H3,(H,15,19)(H,16,21)(H,18,20). The monoisotopic (exact) mass is 288 g/mol. The molecule has 1 aliphatic rings. The Morgan fingerprint density at radius 2 is 2.00 bits per heavy atom. The van der Waals surface area contributed by atoms with Crippen LogP contribution in [-0.2, 0) is 14.4 Å². The van der Waals surface area contributed by atoms with Crippen molar-refractivity contribution in [2.24, 2.45) is 5.10 Å². The maximum atomic E-state index is 12.1. The fraction of sp³-hybridized carbons (Fsp3) is 0.286. The molecule has 0 spiro atoms. The molecule has 7 heteroatoms. The summed E-state index contributed by atoms with van der Waals surface area (Å²) in [5, 5.41) is 9.13. The average molecular weight is 288 g/mol. The van der Waals surface area contributed by atoms with Crippen LogP contribution in [0.2, 0.25) is 0 Å². The van der Waals surface area contributed by atoms with Gasteiger partial charge in [0.15, 0.2) is 0 Å². The van der Waals surface area contributed by atoms with Gasteiger partial charge in [0.2, 0.25) is 11.8 Å². The van der Waals surface area contributed by atoms with Crippen LogP contribution in [0.3, 0.4) is 0 Å². The number of nitrogens with one attached hydrogen (secondary N) is 3. The lowest BCUT2D eigenvalue weighted by Crippen LogP contribution is -2.32. The summed E-state index contributed by atoms with van der Waals surface area (Å²) in [6.07, 6.45) is 0.555. The third-order valence-corrected chi connectivity index (χ3v) is 2.97. The van der Waals surface area contributed by atoms with Crippen LogP contribution in [-0.4, -0.2) is 23.4 Å². The Kier molecular flexibility index (Phi) is 4.32. The first-order valence-corrected chi connectivity index (χ1v) is 6.50. The van der Waals surface area contributed by atoms with Gasteiger partial charge in [0.1, 0.15) is 5.71 Å². The number of benzene rings is 1. The lowest BCUT2D eigenvalue weighted by molar-refractivity contribution is -0.121. The van der Waals surface area contributed by atoms with Gasteiger partial charge in [-0.25, -0.2) is 5.43 Å². The molecule has 110 valence electrons. The highest BCUT2D eigenvalue weighted by molar-refractivity contribution is 6.43. The Morgan fingerprint density at radius 3 is 2.62 bits per heavy atom. The van der Waals surface area contributed by atoms with Crippen molar-refractivity contribution in [2.75, 3.05) is 10.6 Å². The van der Waals surface area contributed by atoms with Crippen molar-refractivity contribution in [2.45, 2.75) is 26.7 Å². The first kappa shape index (κ1) is 14.7. The predicted octanol–water partition coefficient (Wildman–Crippen LogP) is 1.16. The summed E-state index contributed by atoms with van der Waals surface area (Å²) in [6, 6.07) is 5.23. The van der Waals surface area contributed by atoms with Crippen molar-refractivity contribution >= 4 is 34.8 Å². The normalized spacial score (nSPS) is 14.0. The van der Waals surface area contributed by atoms with Gasteiger partial charge in [0.05, 0.1) is 0 Å². The smallest absolute Gasteiger partial charge is 0.271 e. The summed E-state index contributed by atoms with van der Waals surface area (Å²) >= 11 is 0. The number of hydrogen-bond acceptors (Lipinski definition) is 4. The van der Waals surface area contributed by atoms with Gasteiger partial charge in [-0.3, -0.25) is 14.4 Å². The van der Waals surface area contributed by atoms with Crippen molar-refractivity contribution in [1.82, 2.24) is 5.43 Å². The van der Waals surface area contributed by atoms with Crippen molar-refractivity contribution in [1.29, 1.82) is 0 Å². The number of hydrogen-bond donors (Lipinski definition) is 3. The van der Waals surface area contributed by atoms with E-state index in [9.17, 15) is 14.4 Å². The number of aryl methyl sites for hydroxylation is 1. The van der Waals surface area contributed by atoms with Crippen LogP contribution >= 0.6 is 0 Å². The molecule has 0 aromatic heterocycles. The summed E-state index contributed by atoms with van der Waals surface area (Å²) in [4.78, 5) is 34.1. The molecule has 0 bridgehead atoms. The number of anilines is 2. The molecule has 1 aromatic rings. The number of carbonyl (C=O) groups excluding carboxylic acids is 3. The second-order valence-electron chi connectivity index (χ2n) is 4.76. The first-order valence-electron chi connectivity index (χ1n) is 6.50. The lowest BCUT2D eigenvalue weighted by Gasteiger charge is -2.14. The minimum absolute atomic E-state index is 0.185. The van der Waals surface area contributed by atoms with Crippen LogP contribution in [0.15, 0.2) is 23.3 Å². The summed E-state index contributed by atoms with van der Waals surface area (Å²) < 4.78 is 0. The number of rotatable bonds is 3. The zero-order valence-corrected chi connectivity index (χ0v) is 11.8. The molecule has 0 saturated heterocycles. The predicted molar refractivity (Wildman–Crippen MR) is 78.9 cm³/mol. The molecule has 2 rings (SSSR count). The third-order valence-electron chi connectivity index (χ3n) is 2.97. The minimum atomic E-state index is -0.363. The Labute approximate surface area is 121 Å². The first-order chi connectivity index (χ1) is 9.95. The van der Waals surface area contributed by atoms with E-state index in [1.54, 1.807) is 18.2 Å². The molecule has 0 unspecified atom stereocenters. The van der Waals surface area contributed by atoms with Crippen LogP contribution < -0.4 is 16.1 Å². The molecule has 0 fully saturated rings. The van der Waals surface area contributed by atoms with E-state index in [-0.39, 0.29) is 29.9 Å². The molecule has 0 saturated carbocycles. The molecule has 0 atom stereocenters. The molecule has 3 N–H and O–H groups in total. The molecule has 21 heavy (non-hydrogen) atoms. The second kappa shape index (κ2) is 6.17. The second-order valence-corrected chi connectivity index (χ2v) is 4.76. The molecule has 0 radical (unpaired) electrons. The Morgan fingerprint density at radius 1 is 1.24 bits per heavy atom. The largest absolute Gasteiger partial charge is 0.326 e. The van der Waals surface area contributed by atoms with Gasteiger partial charge in [0, 0.05) is 31.1 Å². The third kappa shape index (κ3) is 3.88. The SMILES string of the molecule is CC(=O)Nc1ccc(C)c(NC(=O)C2=NNC(=O)CC2)c1. The van der Waals surface area contributed by atoms with Crippen molar-refractivity contribution in [3.05, 3.63) is 23.8 Å². The van der Waals surface area contributed by atoms with E-state index in [4.69, 9.17) is 0 Å². The summed E-state index contributed by atoms with van der Waals surface area (Å²) in [5.41, 5.74) is 4.61. The molecule has 1 aliphatic heterocycles. The fourth-order valence-electron chi connectivity index (χ4n) is 1.87. The van der Waals surface area contributed by atoms with Gasteiger partial charge in [-0.2, -0.15) is 5.10 Å². The van der Waals surface area contributed by atoms with E-state index in [2.05, 4.69) is 21.2 Å². The maximum absolute atomic E-state index is 12.1. The van der Waals surface area contributed by atoms with Crippen LogP contribution in [0, 0.1) is 6.92 Å². The van der Waals surface area contributed by atoms with Crippen LogP contribution in [0.4, 0.5) is 11.4 Å². The Bertz CT molecular complexity index is 637. The molecule has 7 nitrogen and oxygen atoms in total. The van der Waals surface area contributed by atoms with E-state index in [1.165, 1.54) is 6.92 Å². The van der Waals surface area contributed by atoms with Crippen LogP contribution in [0.1, 0.15) is 25.3 Å². The van der Waals surface area contributed by atoms with E-state index < -0.39 is 0 Å². The van der Waals surface area contributed by atoms with Gasteiger partial charge in [-0.15, -0.1) is 0 Å². The van der Waals surface area contributed by atoms with Gasteiger partial charge in [-0.1, -0.05) is 6.07 Å². The molecule has 1 aromatic carbocycles. The zero-order chi connectivity index (χ0) is 15.4. The van der Waals surface area contributed by atoms with Crippen LogP contribution in [0.5, 0.6) is 0 Å². The molecule has 1 heterocycles. The summed E-state index contributed by atoms with van der Waals surface area (Å²) in [5.74, 6) is -0.746. The minimum Gasteiger partial charge on any atom is -0.326 e. The molecule has 0 aliphatic carbocycles. The van der Waals surface area contributed by atoms with Gasteiger partial charge in [0.25, 0.3) is 5.91 Å². The van der Waals surface area contributed by atoms with Crippen LogP contribution in [0.25, 0.3) is 0 Å². The number of hydrazone groups is 1. The number of amides is 3.